The molecule has 0 radical (unpaired) electrons. The second kappa shape index (κ2) is 12.5. The maximum Gasteiger partial charge on any atom is 0.338 e. The number of halogens is 2. The first kappa shape index (κ1) is 26.5. The molecule has 0 saturated heterocycles. The first-order valence-electron chi connectivity index (χ1n) is 10.9. The minimum atomic E-state index is -0.419. The van der Waals surface area contributed by atoms with Gasteiger partial charge < -0.3 is 14.4 Å². The van der Waals surface area contributed by atoms with E-state index in [1.54, 1.807) is 78.6 Å². The number of esters is 1. The van der Waals surface area contributed by atoms with Crippen LogP contribution in [-0.2, 0) is 11.3 Å². The molecule has 1 amide bonds. The summed E-state index contributed by atoms with van der Waals surface area (Å²) < 4.78 is 10.5. The molecule has 0 atom stereocenters. The van der Waals surface area contributed by atoms with E-state index in [0.29, 0.717) is 39.2 Å². The van der Waals surface area contributed by atoms with Crippen LogP contribution in [0.3, 0.4) is 0 Å². The van der Waals surface area contributed by atoms with Crippen molar-refractivity contribution in [2.24, 2.45) is 0 Å². The lowest BCUT2D eigenvalue weighted by molar-refractivity contribution is 0.0526. The Bertz CT molecular complexity index is 1200. The average Bonchev–Trinajstić information content (AvgIpc) is 2.84. The number of thiocarbonyl (C=S) groups is 1. The number of anilines is 1. The number of carbonyl (C=O) groups excluding carboxylic acids is 2. The molecule has 0 aromatic heterocycles. The quantitative estimate of drug-likeness (QED) is 0.272. The van der Waals surface area contributed by atoms with Crippen LogP contribution in [0.5, 0.6) is 5.75 Å². The van der Waals surface area contributed by atoms with Gasteiger partial charge in [0.2, 0.25) is 0 Å². The van der Waals surface area contributed by atoms with Crippen molar-refractivity contribution in [3.8, 4) is 5.75 Å². The number of amides is 1. The first-order chi connectivity index (χ1) is 16.8. The van der Waals surface area contributed by atoms with Gasteiger partial charge in [0.25, 0.3) is 5.91 Å². The van der Waals surface area contributed by atoms with Crippen LogP contribution in [-0.4, -0.2) is 30.2 Å². The van der Waals surface area contributed by atoms with Gasteiger partial charge in [0.1, 0.15) is 5.75 Å². The fraction of sp³-hybridized carbons (Fsp3) is 0.192. The van der Waals surface area contributed by atoms with Crippen molar-refractivity contribution in [1.29, 1.82) is 0 Å². The normalized spacial score (nSPS) is 10.4. The lowest BCUT2D eigenvalue weighted by atomic mass is 10.1. The minimum absolute atomic E-state index is 0.166. The first-order valence-corrected chi connectivity index (χ1v) is 12.1. The van der Waals surface area contributed by atoms with Crippen molar-refractivity contribution >= 4 is 58.1 Å². The molecule has 35 heavy (non-hydrogen) atoms. The number of hydrogen-bond donors (Lipinski definition) is 1. The Hall–Kier alpha value is -3.13. The molecular formula is C26H24Cl2N2O4S. The number of benzene rings is 3. The topological polar surface area (TPSA) is 67.9 Å². The summed E-state index contributed by atoms with van der Waals surface area (Å²) in [6.45, 7) is 4.71. The second-order valence-electron chi connectivity index (χ2n) is 7.31. The van der Waals surface area contributed by atoms with E-state index < -0.39 is 5.97 Å². The van der Waals surface area contributed by atoms with E-state index in [2.05, 4.69) is 5.32 Å². The SMILES string of the molecule is CCOC(=O)c1ccc(N(Cc2ccc(Cl)cc2Cl)C(=S)NC(=O)c2ccc(OCC)cc2)cc1. The van der Waals surface area contributed by atoms with Crippen molar-refractivity contribution in [3.63, 3.8) is 0 Å². The van der Waals surface area contributed by atoms with E-state index in [1.807, 2.05) is 6.92 Å². The molecule has 3 rings (SSSR count). The molecule has 0 fully saturated rings. The fourth-order valence-electron chi connectivity index (χ4n) is 3.20. The summed E-state index contributed by atoms with van der Waals surface area (Å²) in [6, 6.07) is 18.7. The van der Waals surface area contributed by atoms with Crippen LogP contribution < -0.4 is 15.0 Å². The molecule has 3 aromatic carbocycles. The van der Waals surface area contributed by atoms with Crippen LogP contribution in [0, 0.1) is 0 Å². The summed E-state index contributed by atoms with van der Waals surface area (Å²) >= 11 is 18.0. The Labute approximate surface area is 219 Å². The molecule has 182 valence electrons. The number of ether oxygens (including phenoxy) is 2. The van der Waals surface area contributed by atoms with Gasteiger partial charge in [0.15, 0.2) is 5.11 Å². The number of rotatable bonds is 8. The standard InChI is InChI=1S/C26H24Cl2N2O4S/c1-3-33-22-13-8-17(9-14-22)24(31)29-26(35)30(16-19-5-10-20(27)15-23(19)28)21-11-6-18(7-12-21)25(32)34-4-2/h5-15H,3-4,16H2,1-2H3,(H,29,31,35). The highest BCUT2D eigenvalue weighted by Gasteiger charge is 2.19. The largest absolute Gasteiger partial charge is 0.494 e. The van der Waals surface area contributed by atoms with Crippen molar-refractivity contribution in [2.75, 3.05) is 18.1 Å². The summed E-state index contributed by atoms with van der Waals surface area (Å²) in [5.41, 5.74) is 2.24. The van der Waals surface area contributed by atoms with Crippen molar-refractivity contribution in [1.82, 2.24) is 5.32 Å². The maximum absolute atomic E-state index is 12.9. The zero-order valence-electron chi connectivity index (χ0n) is 19.2. The molecule has 0 heterocycles. The molecule has 0 aliphatic heterocycles. The molecule has 1 N–H and O–H groups in total. The number of nitrogens with one attached hydrogen (secondary N) is 1. The zero-order chi connectivity index (χ0) is 25.4. The van der Waals surface area contributed by atoms with Gasteiger partial charge in [-0.25, -0.2) is 4.79 Å². The summed E-state index contributed by atoms with van der Waals surface area (Å²) in [5.74, 6) is -0.113. The highest BCUT2D eigenvalue weighted by atomic mass is 35.5. The van der Waals surface area contributed by atoms with E-state index >= 15 is 0 Å². The highest BCUT2D eigenvalue weighted by molar-refractivity contribution is 7.80. The smallest absolute Gasteiger partial charge is 0.338 e. The number of carbonyl (C=O) groups is 2. The summed E-state index contributed by atoms with van der Waals surface area (Å²) in [7, 11) is 0. The van der Waals surface area contributed by atoms with Gasteiger partial charge in [-0.1, -0.05) is 29.3 Å². The average molecular weight is 531 g/mol. The summed E-state index contributed by atoms with van der Waals surface area (Å²) in [5, 5.41) is 3.91. The van der Waals surface area contributed by atoms with Gasteiger partial charge in [-0.15, -0.1) is 0 Å². The van der Waals surface area contributed by atoms with Crippen LogP contribution >= 0.6 is 35.4 Å². The highest BCUT2D eigenvalue weighted by Crippen LogP contribution is 2.25. The van der Waals surface area contributed by atoms with Crippen LogP contribution in [0.4, 0.5) is 5.69 Å². The molecule has 0 unspecified atom stereocenters. The van der Waals surface area contributed by atoms with Crippen LogP contribution in [0.2, 0.25) is 10.0 Å². The second-order valence-corrected chi connectivity index (χ2v) is 8.54. The van der Waals surface area contributed by atoms with Gasteiger partial charge in [-0.2, -0.15) is 0 Å². The summed E-state index contributed by atoms with van der Waals surface area (Å²) in [4.78, 5) is 26.6. The molecule has 3 aromatic rings. The molecular weight excluding hydrogens is 507 g/mol. The van der Waals surface area contributed by atoms with Gasteiger partial charge in [0, 0.05) is 21.3 Å². The van der Waals surface area contributed by atoms with Gasteiger partial charge >= 0.3 is 5.97 Å². The molecule has 9 heteroatoms. The van der Waals surface area contributed by atoms with Crippen LogP contribution in [0.1, 0.15) is 40.1 Å². The van der Waals surface area contributed by atoms with E-state index in [1.165, 1.54) is 0 Å². The Morgan fingerprint density at radius 3 is 2.17 bits per heavy atom. The van der Waals surface area contributed by atoms with Gasteiger partial charge in [-0.3, -0.25) is 10.1 Å². The maximum atomic E-state index is 12.9. The number of hydrogen-bond acceptors (Lipinski definition) is 5. The predicted octanol–water partition coefficient (Wildman–Crippen LogP) is 6.29. The van der Waals surface area contributed by atoms with E-state index in [-0.39, 0.29) is 24.2 Å². The minimum Gasteiger partial charge on any atom is -0.494 e. The van der Waals surface area contributed by atoms with Crippen molar-refractivity contribution in [3.05, 3.63) is 93.5 Å². The molecule has 0 bridgehead atoms. The zero-order valence-corrected chi connectivity index (χ0v) is 21.5. The molecule has 0 aliphatic rings. The lowest BCUT2D eigenvalue weighted by Crippen LogP contribution is -2.42. The third kappa shape index (κ3) is 7.18. The molecule has 0 aliphatic carbocycles. The summed E-state index contributed by atoms with van der Waals surface area (Å²) in [6.07, 6.45) is 0. The Balaban J connectivity index is 1.85. The predicted molar refractivity (Wildman–Crippen MR) is 143 cm³/mol. The Morgan fingerprint density at radius 2 is 1.57 bits per heavy atom. The Kier molecular flexibility index (Phi) is 9.48. The van der Waals surface area contributed by atoms with Crippen molar-refractivity contribution < 1.29 is 19.1 Å². The van der Waals surface area contributed by atoms with E-state index in [4.69, 9.17) is 44.9 Å². The third-order valence-corrected chi connectivity index (χ3v) is 5.84. The fourth-order valence-corrected chi connectivity index (χ4v) is 3.93. The monoisotopic (exact) mass is 530 g/mol. The van der Waals surface area contributed by atoms with E-state index in [9.17, 15) is 9.59 Å². The van der Waals surface area contributed by atoms with Crippen LogP contribution in [0.25, 0.3) is 0 Å². The van der Waals surface area contributed by atoms with Crippen LogP contribution in [0.15, 0.2) is 66.7 Å². The molecule has 0 spiro atoms. The molecule has 6 nitrogen and oxygen atoms in total. The molecule has 0 saturated carbocycles. The Morgan fingerprint density at radius 1 is 0.914 bits per heavy atom. The van der Waals surface area contributed by atoms with Crippen molar-refractivity contribution in [2.45, 2.75) is 20.4 Å². The lowest BCUT2D eigenvalue weighted by Gasteiger charge is -2.26. The van der Waals surface area contributed by atoms with E-state index in [0.717, 1.165) is 5.56 Å². The number of nitrogens with zero attached hydrogens (tertiary/aromatic N) is 1. The van der Waals surface area contributed by atoms with Gasteiger partial charge in [0.05, 0.1) is 25.3 Å². The third-order valence-electron chi connectivity index (χ3n) is 4.93. The van der Waals surface area contributed by atoms with Gasteiger partial charge in [-0.05, 0) is 92.3 Å².